The Bertz CT molecular complexity index is 1120. The van der Waals surface area contributed by atoms with Crippen molar-refractivity contribution in [2.24, 2.45) is 5.16 Å². The largest absolute Gasteiger partial charge is 0.428 e. The van der Waals surface area contributed by atoms with Crippen LogP contribution in [-0.2, 0) is 34.2 Å². The van der Waals surface area contributed by atoms with Gasteiger partial charge in [0.2, 0.25) is 5.90 Å². The third kappa shape index (κ3) is 12.7. The maximum absolute atomic E-state index is 12.5. The highest BCUT2D eigenvalue weighted by atomic mass is 32.9. The number of ether oxygens (including phenoxy) is 1. The van der Waals surface area contributed by atoms with Gasteiger partial charge in [-0.05, 0) is 97.1 Å². The van der Waals surface area contributed by atoms with Crippen LogP contribution >= 0.6 is 17.1 Å². The average Bonchev–Trinajstić information content (AvgIpc) is 3.48. The van der Waals surface area contributed by atoms with E-state index < -0.39 is 11.8 Å². The molecule has 226 valence electrons. The summed E-state index contributed by atoms with van der Waals surface area (Å²) in [6, 6.07) is 16.2. The lowest BCUT2D eigenvalue weighted by molar-refractivity contribution is 0.176. The number of hydrogen-bond donors (Lipinski definition) is 1. The molecule has 2 aromatic rings. The zero-order valence-corrected chi connectivity index (χ0v) is 27.2. The molecular weight excluding hydrogens is 575 g/mol. The van der Waals surface area contributed by atoms with E-state index in [9.17, 15) is 4.79 Å². The van der Waals surface area contributed by atoms with E-state index in [4.69, 9.17) is 30.4 Å². The molecule has 0 heterocycles. The maximum atomic E-state index is 12.5. The van der Waals surface area contributed by atoms with Crippen LogP contribution in [0.15, 0.2) is 53.7 Å². The molecule has 1 saturated carbocycles. The fraction of sp³-hybridized carbons (Fsp3) is 0.548. The summed E-state index contributed by atoms with van der Waals surface area (Å²) in [5.41, 5.74) is -0.464. The molecule has 1 fully saturated rings. The average molecular weight is 621 g/mol. The molecule has 7 nitrogen and oxygen atoms in total. The zero-order chi connectivity index (χ0) is 29.3. The lowest BCUT2D eigenvalue weighted by atomic mass is 10.1. The molecule has 1 N–H and O–H groups in total. The predicted molar refractivity (Wildman–Crippen MR) is 174 cm³/mol. The fourth-order valence-electron chi connectivity index (χ4n) is 4.58. The Morgan fingerprint density at radius 3 is 2.00 bits per heavy atom. The standard InChI is InChI=1S/C31H45N2O5PS2/c1-4-6-8-9-13-26-18-22-29(23-19-26)38-39(40,37-28-20-16-25(17-21-28)12-7-5-2)41-24-30(33-35-3)36-31(34)32-27-14-10-11-15-27/h16-23,27H,4-15,24H2,1-3H3,(H,32,34). The van der Waals surface area contributed by atoms with Gasteiger partial charge in [0.1, 0.15) is 18.6 Å². The van der Waals surface area contributed by atoms with Crippen LogP contribution in [0.3, 0.4) is 0 Å². The van der Waals surface area contributed by atoms with Crippen molar-refractivity contribution < 1.29 is 23.4 Å². The van der Waals surface area contributed by atoms with Gasteiger partial charge in [-0.15, -0.1) is 0 Å². The number of alkyl carbamates (subject to hydrolysis) is 1. The number of benzene rings is 2. The Labute approximate surface area is 255 Å². The molecule has 3 rings (SSSR count). The number of aryl methyl sites for hydroxylation is 2. The molecule has 0 saturated heterocycles. The number of nitrogens with one attached hydrogen (secondary N) is 1. The van der Waals surface area contributed by atoms with E-state index in [0.29, 0.717) is 11.5 Å². The SMILES string of the molecule is CCCCCCc1ccc(OP(=S)(Oc2ccc(CCCC)cc2)SCC(=NOC)OC(=O)NC2CCCC2)cc1. The molecular formula is C31H45N2O5PS2. The summed E-state index contributed by atoms with van der Waals surface area (Å²) in [5.74, 6) is 1.53. The Balaban J connectivity index is 1.69. The summed E-state index contributed by atoms with van der Waals surface area (Å²) in [7, 11) is 1.41. The monoisotopic (exact) mass is 620 g/mol. The Morgan fingerprint density at radius 1 is 0.902 bits per heavy atom. The Kier molecular flexibility index (Phi) is 14.9. The third-order valence-electron chi connectivity index (χ3n) is 6.85. The number of carbonyl (C=O) groups is 1. The zero-order valence-electron chi connectivity index (χ0n) is 24.6. The van der Waals surface area contributed by atoms with Crippen LogP contribution in [0.4, 0.5) is 4.79 Å². The minimum Gasteiger partial charge on any atom is -0.428 e. The first kappa shape index (κ1) is 33.3. The predicted octanol–water partition coefficient (Wildman–Crippen LogP) is 9.20. The molecule has 0 bridgehead atoms. The van der Waals surface area contributed by atoms with E-state index in [1.54, 1.807) is 0 Å². The summed E-state index contributed by atoms with van der Waals surface area (Å²) in [4.78, 5) is 17.4. The summed E-state index contributed by atoms with van der Waals surface area (Å²) < 4.78 is 18.2. The first-order valence-corrected chi connectivity index (χ1v) is 19.1. The van der Waals surface area contributed by atoms with Gasteiger partial charge >= 0.3 is 11.8 Å². The molecule has 1 aliphatic rings. The highest BCUT2D eigenvalue weighted by molar-refractivity contribution is 8.68. The normalized spacial score (nSPS) is 15.2. The van der Waals surface area contributed by atoms with Crippen LogP contribution < -0.4 is 14.4 Å². The molecule has 10 heteroatoms. The van der Waals surface area contributed by atoms with Crippen molar-refractivity contribution in [3.05, 3.63) is 59.7 Å². The van der Waals surface area contributed by atoms with Gasteiger partial charge in [0.25, 0.3) is 0 Å². The van der Waals surface area contributed by atoms with Gasteiger partial charge in [0.15, 0.2) is 0 Å². The second kappa shape index (κ2) is 18.3. The van der Waals surface area contributed by atoms with Crippen molar-refractivity contribution in [1.29, 1.82) is 0 Å². The molecule has 0 aliphatic heterocycles. The van der Waals surface area contributed by atoms with Crippen molar-refractivity contribution in [3.63, 3.8) is 0 Å². The summed E-state index contributed by atoms with van der Waals surface area (Å²) in [6.07, 6.45) is 12.8. The van der Waals surface area contributed by atoms with Crippen LogP contribution in [-0.4, -0.2) is 30.9 Å². The topological polar surface area (TPSA) is 78.4 Å². The molecule has 0 spiro atoms. The van der Waals surface area contributed by atoms with Crippen molar-refractivity contribution in [2.75, 3.05) is 12.9 Å². The number of oxime groups is 1. The van der Waals surface area contributed by atoms with Crippen molar-refractivity contribution >= 4 is 40.9 Å². The van der Waals surface area contributed by atoms with Crippen molar-refractivity contribution in [3.8, 4) is 11.5 Å². The van der Waals surface area contributed by atoms with E-state index in [-0.39, 0.29) is 17.7 Å². The van der Waals surface area contributed by atoms with Crippen LogP contribution in [0, 0.1) is 0 Å². The van der Waals surface area contributed by atoms with E-state index in [1.165, 1.54) is 55.3 Å². The van der Waals surface area contributed by atoms with E-state index in [0.717, 1.165) is 51.4 Å². The highest BCUT2D eigenvalue weighted by Crippen LogP contribution is 2.60. The molecule has 0 radical (unpaired) electrons. The lowest BCUT2D eigenvalue weighted by Gasteiger charge is -2.23. The Hall–Kier alpha value is -2.22. The van der Waals surface area contributed by atoms with Gasteiger partial charge < -0.3 is 23.9 Å². The minimum absolute atomic E-state index is 0.103. The van der Waals surface area contributed by atoms with Gasteiger partial charge in [0, 0.05) is 6.04 Å². The van der Waals surface area contributed by atoms with Crippen LogP contribution in [0.25, 0.3) is 0 Å². The smallest absolute Gasteiger partial charge is 0.414 e. The Morgan fingerprint density at radius 2 is 1.46 bits per heavy atom. The van der Waals surface area contributed by atoms with Gasteiger partial charge in [-0.2, -0.15) is 0 Å². The fourth-order valence-corrected chi connectivity index (χ4v) is 8.50. The van der Waals surface area contributed by atoms with Gasteiger partial charge in [-0.1, -0.05) is 81.8 Å². The number of nitrogens with zero attached hydrogens (tertiary/aromatic N) is 1. The number of carbonyl (C=O) groups excluding carboxylic acids is 1. The highest BCUT2D eigenvalue weighted by Gasteiger charge is 2.27. The number of unbranched alkanes of at least 4 members (excludes halogenated alkanes) is 4. The molecule has 1 aliphatic carbocycles. The molecule has 0 aromatic heterocycles. The first-order chi connectivity index (χ1) is 19.9. The van der Waals surface area contributed by atoms with Crippen molar-refractivity contribution in [1.82, 2.24) is 5.32 Å². The second-order valence-electron chi connectivity index (χ2n) is 10.3. The van der Waals surface area contributed by atoms with Gasteiger partial charge in [0.05, 0.1) is 5.75 Å². The van der Waals surface area contributed by atoms with Gasteiger partial charge in [-0.3, -0.25) is 0 Å². The molecule has 41 heavy (non-hydrogen) atoms. The number of amides is 1. The maximum Gasteiger partial charge on any atom is 0.414 e. The molecule has 1 unspecified atom stereocenters. The summed E-state index contributed by atoms with van der Waals surface area (Å²) in [6.45, 7) is 4.41. The van der Waals surface area contributed by atoms with Crippen LogP contribution in [0.5, 0.6) is 11.5 Å². The van der Waals surface area contributed by atoms with Crippen LogP contribution in [0.2, 0.25) is 0 Å². The quantitative estimate of drug-likeness (QED) is 0.0621. The number of rotatable bonds is 17. The summed E-state index contributed by atoms with van der Waals surface area (Å²) in [5, 5.41) is 6.83. The van der Waals surface area contributed by atoms with Crippen LogP contribution in [0.1, 0.15) is 89.2 Å². The first-order valence-electron chi connectivity index (χ1n) is 14.8. The lowest BCUT2D eigenvalue weighted by Crippen LogP contribution is -2.35. The van der Waals surface area contributed by atoms with Crippen molar-refractivity contribution in [2.45, 2.75) is 96.9 Å². The van der Waals surface area contributed by atoms with E-state index in [1.807, 2.05) is 24.3 Å². The third-order valence-corrected chi connectivity index (χ3v) is 11.6. The minimum atomic E-state index is -2.99. The summed E-state index contributed by atoms with van der Waals surface area (Å²) >= 11 is 7.26. The molecule has 1 atom stereocenters. The van der Waals surface area contributed by atoms with E-state index >= 15 is 0 Å². The van der Waals surface area contributed by atoms with Gasteiger partial charge in [-0.25, -0.2) is 4.79 Å². The molecule has 1 amide bonds. The number of hydrogen-bond acceptors (Lipinski definition) is 8. The van der Waals surface area contributed by atoms with E-state index in [2.05, 4.69) is 48.6 Å². The molecule has 2 aromatic carbocycles. The second-order valence-corrected chi connectivity index (χ2v) is 16.4.